The standard InChI is InChI=1S/C16H15Cl2NO3S2/c1-2-3-19-15(21)12(24-16(19)23)4-8-7-22-14-10(13(8)20)5-9(17)6-11(14)18/h2,4,7,9-11,14H,1,3,5-6H2/b12-4-. The number of fused-ring (bicyclic) bond motifs is 1. The van der Waals surface area contributed by atoms with E-state index in [4.69, 9.17) is 40.2 Å². The Hall–Kier alpha value is -0.820. The molecule has 1 aliphatic carbocycles. The molecule has 1 amide bonds. The quantitative estimate of drug-likeness (QED) is 0.312. The maximum atomic E-state index is 12.7. The molecule has 4 unspecified atom stereocenters. The summed E-state index contributed by atoms with van der Waals surface area (Å²) in [6.07, 6.45) is 5.32. The normalized spacial score (nSPS) is 34.9. The van der Waals surface area contributed by atoms with Crippen molar-refractivity contribution in [1.29, 1.82) is 0 Å². The summed E-state index contributed by atoms with van der Waals surface area (Å²) in [4.78, 5) is 26.9. The van der Waals surface area contributed by atoms with E-state index in [-0.39, 0.29) is 34.5 Å². The van der Waals surface area contributed by atoms with Crippen LogP contribution in [0.4, 0.5) is 0 Å². The van der Waals surface area contributed by atoms with E-state index in [9.17, 15) is 9.59 Å². The predicted molar refractivity (Wildman–Crippen MR) is 100 cm³/mol. The maximum Gasteiger partial charge on any atom is 0.266 e. The van der Waals surface area contributed by atoms with Crippen molar-refractivity contribution in [1.82, 2.24) is 4.90 Å². The van der Waals surface area contributed by atoms with Crippen LogP contribution in [0.1, 0.15) is 12.8 Å². The first-order valence-corrected chi connectivity index (χ1v) is 9.56. The minimum Gasteiger partial charge on any atom is -0.495 e. The van der Waals surface area contributed by atoms with Gasteiger partial charge in [0.1, 0.15) is 10.4 Å². The molecule has 0 radical (unpaired) electrons. The van der Waals surface area contributed by atoms with Crippen LogP contribution in [0.15, 0.2) is 35.5 Å². The molecule has 2 heterocycles. The lowest BCUT2D eigenvalue weighted by Gasteiger charge is -2.38. The Morgan fingerprint density at radius 2 is 2.17 bits per heavy atom. The number of thioether (sulfide) groups is 1. The number of amides is 1. The van der Waals surface area contributed by atoms with E-state index in [0.29, 0.717) is 34.2 Å². The number of ether oxygens (including phenoxy) is 1. The molecule has 3 rings (SSSR count). The van der Waals surface area contributed by atoms with Crippen molar-refractivity contribution in [2.24, 2.45) is 5.92 Å². The molecule has 8 heteroatoms. The van der Waals surface area contributed by atoms with Gasteiger partial charge in [-0.2, -0.15) is 0 Å². The lowest BCUT2D eigenvalue weighted by molar-refractivity contribution is -0.126. The number of thiocarbonyl (C=S) groups is 1. The molecule has 128 valence electrons. The van der Waals surface area contributed by atoms with Gasteiger partial charge in [-0.05, 0) is 18.9 Å². The van der Waals surface area contributed by atoms with Gasteiger partial charge in [-0.3, -0.25) is 14.5 Å². The van der Waals surface area contributed by atoms with Gasteiger partial charge in [-0.15, -0.1) is 29.8 Å². The lowest BCUT2D eigenvalue weighted by atomic mass is 9.79. The number of ketones is 1. The van der Waals surface area contributed by atoms with Crippen molar-refractivity contribution >= 4 is 63.2 Å². The third-order valence-corrected chi connectivity index (χ3v) is 6.35. The first-order valence-electron chi connectivity index (χ1n) is 7.46. The zero-order valence-corrected chi connectivity index (χ0v) is 15.8. The Labute approximate surface area is 159 Å². The minimum absolute atomic E-state index is 0.0868. The van der Waals surface area contributed by atoms with Gasteiger partial charge in [-0.1, -0.05) is 30.1 Å². The Balaban J connectivity index is 1.83. The number of alkyl halides is 2. The third kappa shape index (κ3) is 3.29. The molecule has 0 bridgehead atoms. The van der Waals surface area contributed by atoms with Gasteiger partial charge in [-0.25, -0.2) is 0 Å². The van der Waals surface area contributed by atoms with E-state index >= 15 is 0 Å². The van der Waals surface area contributed by atoms with Crippen molar-refractivity contribution in [3.05, 3.63) is 35.5 Å². The monoisotopic (exact) mass is 403 g/mol. The van der Waals surface area contributed by atoms with Crippen LogP contribution in [0.2, 0.25) is 0 Å². The van der Waals surface area contributed by atoms with Gasteiger partial charge < -0.3 is 4.74 Å². The second-order valence-corrected chi connectivity index (χ2v) is 8.66. The molecular weight excluding hydrogens is 389 g/mol. The maximum absolute atomic E-state index is 12.7. The molecule has 0 spiro atoms. The number of Topliss-reactive ketones (excluding diaryl/α,β-unsaturated/α-hetero) is 1. The van der Waals surface area contributed by atoms with Gasteiger partial charge in [0.15, 0.2) is 5.78 Å². The largest absolute Gasteiger partial charge is 0.495 e. The topological polar surface area (TPSA) is 46.6 Å². The highest BCUT2D eigenvalue weighted by atomic mass is 35.5. The highest BCUT2D eigenvalue weighted by Crippen LogP contribution is 2.39. The van der Waals surface area contributed by atoms with E-state index in [2.05, 4.69) is 6.58 Å². The number of allylic oxidation sites excluding steroid dienone is 2. The fourth-order valence-corrected chi connectivity index (χ4v) is 5.22. The molecule has 2 fully saturated rings. The van der Waals surface area contributed by atoms with Crippen LogP contribution in [-0.4, -0.2) is 44.3 Å². The molecular formula is C16H15Cl2NO3S2. The van der Waals surface area contributed by atoms with E-state index in [1.54, 1.807) is 12.2 Å². The van der Waals surface area contributed by atoms with Crippen molar-refractivity contribution in [3.8, 4) is 0 Å². The summed E-state index contributed by atoms with van der Waals surface area (Å²) in [5.41, 5.74) is 0.352. The smallest absolute Gasteiger partial charge is 0.266 e. The van der Waals surface area contributed by atoms with Gasteiger partial charge in [0, 0.05) is 11.9 Å². The summed E-state index contributed by atoms with van der Waals surface area (Å²) in [7, 11) is 0. The molecule has 2 aliphatic heterocycles. The van der Waals surface area contributed by atoms with Gasteiger partial charge >= 0.3 is 0 Å². The molecule has 0 aromatic rings. The summed E-state index contributed by atoms with van der Waals surface area (Å²) < 4.78 is 6.12. The highest BCUT2D eigenvalue weighted by Gasteiger charge is 2.44. The van der Waals surface area contributed by atoms with Crippen LogP contribution in [0.5, 0.6) is 0 Å². The number of carbonyl (C=O) groups is 2. The molecule has 24 heavy (non-hydrogen) atoms. The second kappa shape index (κ2) is 7.20. The number of carbonyl (C=O) groups excluding carboxylic acids is 2. The number of nitrogens with zero attached hydrogens (tertiary/aromatic N) is 1. The number of hydrogen-bond donors (Lipinski definition) is 0. The summed E-state index contributed by atoms with van der Waals surface area (Å²) in [5.74, 6) is -0.690. The Bertz CT molecular complexity index is 676. The minimum atomic E-state index is -0.377. The van der Waals surface area contributed by atoms with E-state index in [1.165, 1.54) is 22.9 Å². The zero-order chi connectivity index (χ0) is 17.4. The van der Waals surface area contributed by atoms with Crippen molar-refractivity contribution in [2.45, 2.75) is 29.7 Å². The summed E-state index contributed by atoms with van der Waals surface area (Å²) in [5, 5.41) is -0.440. The van der Waals surface area contributed by atoms with Crippen LogP contribution in [-0.2, 0) is 14.3 Å². The average molecular weight is 404 g/mol. The Morgan fingerprint density at radius 1 is 1.42 bits per heavy atom. The van der Waals surface area contributed by atoms with Crippen LogP contribution in [0, 0.1) is 5.92 Å². The summed E-state index contributed by atoms with van der Waals surface area (Å²) in [6, 6.07) is 0. The van der Waals surface area contributed by atoms with Crippen molar-refractivity contribution in [3.63, 3.8) is 0 Å². The molecule has 1 saturated heterocycles. The average Bonchev–Trinajstić information content (AvgIpc) is 2.78. The summed E-state index contributed by atoms with van der Waals surface area (Å²) in [6.45, 7) is 3.96. The lowest BCUT2D eigenvalue weighted by Crippen LogP contribution is -2.46. The highest BCUT2D eigenvalue weighted by molar-refractivity contribution is 8.26. The Kier molecular flexibility index (Phi) is 5.39. The van der Waals surface area contributed by atoms with E-state index in [0.717, 1.165) is 0 Å². The fourth-order valence-electron chi connectivity index (χ4n) is 3.03. The first-order chi connectivity index (χ1) is 11.4. The number of rotatable bonds is 3. The fraction of sp³-hybridized carbons (Fsp3) is 0.438. The number of hydrogen-bond acceptors (Lipinski definition) is 5. The summed E-state index contributed by atoms with van der Waals surface area (Å²) >= 11 is 18.8. The molecule has 4 atom stereocenters. The SMILES string of the molecule is C=CCN1C(=O)/C(=C/C2=COC3C(Cl)CC(Cl)CC3C2=O)SC1=S. The zero-order valence-electron chi connectivity index (χ0n) is 12.6. The number of halogens is 2. The predicted octanol–water partition coefficient (Wildman–Crippen LogP) is 3.39. The molecule has 0 aromatic carbocycles. The first kappa shape index (κ1) is 18.0. The third-order valence-electron chi connectivity index (χ3n) is 4.19. The van der Waals surface area contributed by atoms with Crippen LogP contribution < -0.4 is 0 Å². The van der Waals surface area contributed by atoms with Gasteiger partial charge in [0.2, 0.25) is 0 Å². The molecule has 1 saturated carbocycles. The molecule has 4 nitrogen and oxygen atoms in total. The van der Waals surface area contributed by atoms with Crippen molar-refractivity contribution < 1.29 is 14.3 Å². The molecule has 3 aliphatic rings. The van der Waals surface area contributed by atoms with E-state index < -0.39 is 0 Å². The van der Waals surface area contributed by atoms with Crippen LogP contribution in [0.3, 0.4) is 0 Å². The Morgan fingerprint density at radius 3 is 2.88 bits per heavy atom. The van der Waals surface area contributed by atoms with Crippen LogP contribution >= 0.6 is 47.2 Å². The molecule has 0 aromatic heterocycles. The second-order valence-electron chi connectivity index (χ2n) is 5.81. The van der Waals surface area contributed by atoms with Gasteiger partial charge in [0.05, 0.1) is 28.0 Å². The van der Waals surface area contributed by atoms with Gasteiger partial charge in [0.25, 0.3) is 5.91 Å². The van der Waals surface area contributed by atoms with Crippen molar-refractivity contribution in [2.75, 3.05) is 6.54 Å². The van der Waals surface area contributed by atoms with Crippen LogP contribution in [0.25, 0.3) is 0 Å². The molecule has 0 N–H and O–H groups in total. The van der Waals surface area contributed by atoms with E-state index in [1.807, 2.05) is 0 Å².